The van der Waals surface area contributed by atoms with Gasteiger partial charge in [-0.15, -0.1) is 0 Å². The SMILES string of the molecule is Cc1ccc(NC(=O)COc2ccc(Br)cc2CNc2ccc(Cl)cc2Cl)cc1. The fourth-order valence-corrected chi connectivity index (χ4v) is 3.51. The molecule has 0 saturated heterocycles. The van der Waals surface area contributed by atoms with Crippen molar-refractivity contribution < 1.29 is 9.53 Å². The maximum Gasteiger partial charge on any atom is 0.262 e. The Hall–Kier alpha value is -2.21. The van der Waals surface area contributed by atoms with Gasteiger partial charge in [0.15, 0.2) is 6.61 Å². The number of rotatable bonds is 7. The summed E-state index contributed by atoms with van der Waals surface area (Å²) in [4.78, 5) is 12.2. The number of aryl methyl sites for hydroxylation is 1. The first-order valence-corrected chi connectivity index (χ1v) is 10.4. The summed E-state index contributed by atoms with van der Waals surface area (Å²) in [6.07, 6.45) is 0. The highest BCUT2D eigenvalue weighted by Crippen LogP contribution is 2.28. The van der Waals surface area contributed by atoms with Crippen LogP contribution in [0, 0.1) is 6.92 Å². The van der Waals surface area contributed by atoms with E-state index in [2.05, 4.69) is 26.6 Å². The van der Waals surface area contributed by atoms with E-state index in [-0.39, 0.29) is 12.5 Å². The summed E-state index contributed by atoms with van der Waals surface area (Å²) >= 11 is 15.6. The molecule has 0 aliphatic rings. The first-order chi connectivity index (χ1) is 13.9. The van der Waals surface area contributed by atoms with Crippen LogP contribution in [0.25, 0.3) is 0 Å². The van der Waals surface area contributed by atoms with Gasteiger partial charge in [-0.05, 0) is 55.5 Å². The minimum atomic E-state index is -0.226. The second-order valence-corrected chi connectivity index (χ2v) is 8.19. The number of amides is 1. The van der Waals surface area contributed by atoms with E-state index in [9.17, 15) is 4.79 Å². The van der Waals surface area contributed by atoms with E-state index >= 15 is 0 Å². The Labute approximate surface area is 188 Å². The summed E-state index contributed by atoms with van der Waals surface area (Å²) in [5, 5.41) is 7.20. The summed E-state index contributed by atoms with van der Waals surface area (Å²) in [6.45, 7) is 2.37. The van der Waals surface area contributed by atoms with E-state index in [4.69, 9.17) is 27.9 Å². The van der Waals surface area contributed by atoms with E-state index < -0.39 is 0 Å². The lowest BCUT2D eigenvalue weighted by Gasteiger charge is -2.14. The molecule has 0 spiro atoms. The van der Waals surface area contributed by atoms with Crippen molar-refractivity contribution in [1.82, 2.24) is 0 Å². The number of hydrogen-bond donors (Lipinski definition) is 2. The second-order valence-electron chi connectivity index (χ2n) is 6.43. The smallest absolute Gasteiger partial charge is 0.262 e. The van der Waals surface area contributed by atoms with Gasteiger partial charge < -0.3 is 15.4 Å². The molecule has 3 aromatic carbocycles. The quantitative estimate of drug-likeness (QED) is 0.385. The number of anilines is 2. The topological polar surface area (TPSA) is 50.4 Å². The molecule has 0 aromatic heterocycles. The lowest BCUT2D eigenvalue weighted by Crippen LogP contribution is -2.20. The molecular weight excluding hydrogens is 475 g/mol. The van der Waals surface area contributed by atoms with E-state index in [0.29, 0.717) is 22.3 Å². The van der Waals surface area contributed by atoms with Crippen LogP contribution in [0.15, 0.2) is 65.1 Å². The first-order valence-electron chi connectivity index (χ1n) is 8.87. The van der Waals surface area contributed by atoms with Crippen molar-refractivity contribution in [1.29, 1.82) is 0 Å². The van der Waals surface area contributed by atoms with E-state index in [1.807, 2.05) is 55.5 Å². The van der Waals surface area contributed by atoms with Crippen LogP contribution in [-0.2, 0) is 11.3 Å². The van der Waals surface area contributed by atoms with Crippen LogP contribution in [0.2, 0.25) is 10.0 Å². The van der Waals surface area contributed by atoms with Gasteiger partial charge in [0.05, 0.1) is 10.7 Å². The number of nitrogens with one attached hydrogen (secondary N) is 2. The average molecular weight is 494 g/mol. The van der Waals surface area contributed by atoms with Crippen LogP contribution in [0.3, 0.4) is 0 Å². The molecule has 150 valence electrons. The Bertz CT molecular complexity index is 1010. The maximum absolute atomic E-state index is 12.2. The molecule has 0 aliphatic carbocycles. The van der Waals surface area contributed by atoms with Gasteiger partial charge in [0.2, 0.25) is 0 Å². The lowest BCUT2D eigenvalue weighted by molar-refractivity contribution is -0.118. The molecule has 4 nitrogen and oxygen atoms in total. The van der Waals surface area contributed by atoms with Crippen LogP contribution >= 0.6 is 39.1 Å². The van der Waals surface area contributed by atoms with Gasteiger partial charge in [0.25, 0.3) is 5.91 Å². The Balaban J connectivity index is 1.63. The predicted molar refractivity (Wildman–Crippen MR) is 123 cm³/mol. The Morgan fingerprint density at radius 2 is 1.79 bits per heavy atom. The molecule has 0 fully saturated rings. The van der Waals surface area contributed by atoms with Crippen molar-refractivity contribution in [3.05, 3.63) is 86.3 Å². The number of ether oxygens (including phenoxy) is 1. The molecular formula is C22H19BrCl2N2O2. The van der Waals surface area contributed by atoms with Crippen LogP contribution < -0.4 is 15.4 Å². The van der Waals surface area contributed by atoms with Gasteiger partial charge in [-0.25, -0.2) is 0 Å². The molecule has 0 saturated carbocycles. The summed E-state index contributed by atoms with van der Waals surface area (Å²) in [5.41, 5.74) is 3.51. The van der Waals surface area contributed by atoms with Crippen LogP contribution in [0.5, 0.6) is 5.75 Å². The van der Waals surface area contributed by atoms with Gasteiger partial charge in [-0.3, -0.25) is 4.79 Å². The van der Waals surface area contributed by atoms with Crippen molar-refractivity contribution in [2.45, 2.75) is 13.5 Å². The summed E-state index contributed by atoms with van der Waals surface area (Å²) in [5.74, 6) is 0.390. The largest absolute Gasteiger partial charge is 0.483 e. The molecule has 0 heterocycles. The molecule has 0 unspecified atom stereocenters. The number of carbonyl (C=O) groups is 1. The van der Waals surface area contributed by atoms with E-state index in [1.54, 1.807) is 12.1 Å². The molecule has 0 radical (unpaired) electrons. The third-order valence-electron chi connectivity index (χ3n) is 4.12. The monoisotopic (exact) mass is 492 g/mol. The fourth-order valence-electron chi connectivity index (χ4n) is 2.63. The summed E-state index contributed by atoms with van der Waals surface area (Å²) < 4.78 is 6.67. The average Bonchev–Trinajstić information content (AvgIpc) is 2.68. The Morgan fingerprint density at radius 1 is 1.03 bits per heavy atom. The number of benzene rings is 3. The standard InChI is InChI=1S/C22H19BrCl2N2O2/c1-14-2-6-18(7-3-14)27-22(28)13-29-21-9-4-16(23)10-15(21)12-26-20-8-5-17(24)11-19(20)25/h2-11,26H,12-13H2,1H3,(H,27,28). The highest BCUT2D eigenvalue weighted by molar-refractivity contribution is 9.10. The molecule has 3 aromatic rings. The van der Waals surface area contributed by atoms with E-state index in [1.165, 1.54) is 0 Å². The van der Waals surface area contributed by atoms with Crippen molar-refractivity contribution in [2.24, 2.45) is 0 Å². The molecule has 3 rings (SSSR count). The second kappa shape index (κ2) is 10.0. The first kappa shape index (κ1) is 21.5. The van der Waals surface area contributed by atoms with Crippen molar-refractivity contribution in [2.75, 3.05) is 17.2 Å². The van der Waals surface area contributed by atoms with Crippen molar-refractivity contribution >= 4 is 56.4 Å². The molecule has 7 heteroatoms. The normalized spacial score (nSPS) is 10.5. The summed E-state index contributed by atoms with van der Waals surface area (Å²) in [7, 11) is 0. The maximum atomic E-state index is 12.2. The summed E-state index contributed by atoms with van der Waals surface area (Å²) in [6, 6.07) is 18.5. The number of hydrogen-bond acceptors (Lipinski definition) is 3. The van der Waals surface area contributed by atoms with Gasteiger partial charge in [-0.2, -0.15) is 0 Å². The number of halogens is 3. The number of carbonyl (C=O) groups excluding carboxylic acids is 1. The molecule has 0 aliphatic heterocycles. The zero-order valence-corrected chi connectivity index (χ0v) is 18.7. The minimum absolute atomic E-state index is 0.0930. The highest BCUT2D eigenvalue weighted by atomic mass is 79.9. The van der Waals surface area contributed by atoms with Gasteiger partial charge >= 0.3 is 0 Å². The zero-order chi connectivity index (χ0) is 20.8. The molecule has 1 amide bonds. The Morgan fingerprint density at radius 3 is 2.52 bits per heavy atom. The molecule has 2 N–H and O–H groups in total. The molecule has 0 bridgehead atoms. The van der Waals surface area contributed by atoms with Gasteiger partial charge in [0, 0.05) is 27.3 Å². The van der Waals surface area contributed by atoms with Gasteiger partial charge in [-0.1, -0.05) is 56.8 Å². The predicted octanol–water partition coefficient (Wildman–Crippen LogP) is 6.69. The highest BCUT2D eigenvalue weighted by Gasteiger charge is 2.10. The van der Waals surface area contributed by atoms with Crippen LogP contribution in [0.4, 0.5) is 11.4 Å². The van der Waals surface area contributed by atoms with Crippen molar-refractivity contribution in [3.63, 3.8) is 0 Å². The van der Waals surface area contributed by atoms with Gasteiger partial charge in [0.1, 0.15) is 5.75 Å². The van der Waals surface area contributed by atoms with Crippen LogP contribution in [0.1, 0.15) is 11.1 Å². The third-order valence-corrected chi connectivity index (χ3v) is 5.16. The zero-order valence-electron chi connectivity index (χ0n) is 15.6. The fraction of sp³-hybridized carbons (Fsp3) is 0.136. The van der Waals surface area contributed by atoms with Crippen molar-refractivity contribution in [3.8, 4) is 5.75 Å². The lowest BCUT2D eigenvalue weighted by atomic mass is 10.2. The van der Waals surface area contributed by atoms with Crippen LogP contribution in [-0.4, -0.2) is 12.5 Å². The third kappa shape index (κ3) is 6.39. The molecule has 0 atom stereocenters. The minimum Gasteiger partial charge on any atom is -0.483 e. The Kier molecular flexibility index (Phi) is 7.42. The van der Waals surface area contributed by atoms with E-state index in [0.717, 1.165) is 27.0 Å². The molecule has 29 heavy (non-hydrogen) atoms.